The summed E-state index contributed by atoms with van der Waals surface area (Å²) in [7, 11) is 2.06. The molecule has 0 aromatic carbocycles. The Morgan fingerprint density at radius 3 is 3.06 bits per heavy atom. The largest absolute Gasteiger partial charge is 0.338 e. The zero-order chi connectivity index (χ0) is 12.3. The van der Waals surface area contributed by atoms with Gasteiger partial charge in [0.05, 0.1) is 0 Å². The van der Waals surface area contributed by atoms with Crippen molar-refractivity contribution in [2.45, 2.75) is 44.7 Å². The lowest BCUT2D eigenvalue weighted by molar-refractivity contribution is 0.236. The summed E-state index contributed by atoms with van der Waals surface area (Å²) in [4.78, 5) is 6.96. The van der Waals surface area contributed by atoms with Gasteiger partial charge in [-0.15, -0.1) is 0 Å². The molecule has 0 aliphatic carbocycles. The van der Waals surface area contributed by atoms with Crippen LogP contribution in [0.1, 0.15) is 32.0 Å². The molecule has 4 heteroatoms. The summed E-state index contributed by atoms with van der Waals surface area (Å²) in [6.07, 6.45) is 8.68. The molecule has 2 unspecified atom stereocenters. The summed E-state index contributed by atoms with van der Waals surface area (Å²) in [5.41, 5.74) is 5.91. The van der Waals surface area contributed by atoms with Gasteiger partial charge in [-0.3, -0.25) is 4.90 Å². The molecule has 17 heavy (non-hydrogen) atoms. The average molecular weight is 236 g/mol. The first-order chi connectivity index (χ1) is 8.16. The van der Waals surface area contributed by atoms with Crippen molar-refractivity contribution in [1.29, 1.82) is 0 Å². The fourth-order valence-electron chi connectivity index (χ4n) is 2.77. The van der Waals surface area contributed by atoms with E-state index in [0.29, 0.717) is 12.1 Å². The number of imidazole rings is 1. The maximum Gasteiger partial charge on any atom is 0.109 e. The van der Waals surface area contributed by atoms with Crippen molar-refractivity contribution in [3.05, 3.63) is 18.2 Å². The Kier molecular flexibility index (Phi) is 4.18. The fourth-order valence-corrected chi connectivity index (χ4v) is 2.77. The van der Waals surface area contributed by atoms with Gasteiger partial charge in [0.15, 0.2) is 0 Å². The van der Waals surface area contributed by atoms with Gasteiger partial charge in [0, 0.05) is 44.5 Å². The van der Waals surface area contributed by atoms with Gasteiger partial charge in [0.1, 0.15) is 5.82 Å². The Morgan fingerprint density at radius 2 is 2.41 bits per heavy atom. The molecule has 1 aliphatic rings. The lowest BCUT2D eigenvalue weighted by Gasteiger charge is -2.25. The second kappa shape index (κ2) is 5.65. The van der Waals surface area contributed by atoms with E-state index < -0.39 is 0 Å². The maximum atomic E-state index is 5.91. The SMILES string of the molecule is CC(N)CC1CCCN1CCc1nccn1C. The number of hydrogen-bond donors (Lipinski definition) is 1. The predicted octanol–water partition coefficient (Wildman–Crippen LogP) is 1.16. The summed E-state index contributed by atoms with van der Waals surface area (Å²) >= 11 is 0. The Hall–Kier alpha value is -0.870. The van der Waals surface area contributed by atoms with Crippen molar-refractivity contribution in [3.63, 3.8) is 0 Å². The highest BCUT2D eigenvalue weighted by molar-refractivity contribution is 4.93. The van der Waals surface area contributed by atoms with Crippen LogP contribution in [0.4, 0.5) is 0 Å². The van der Waals surface area contributed by atoms with E-state index in [-0.39, 0.29) is 0 Å². The number of nitrogens with two attached hydrogens (primary N) is 1. The van der Waals surface area contributed by atoms with Crippen LogP contribution in [-0.4, -0.2) is 39.6 Å². The summed E-state index contributed by atoms with van der Waals surface area (Å²) in [5, 5.41) is 0. The van der Waals surface area contributed by atoms with E-state index in [4.69, 9.17) is 5.73 Å². The second-order valence-corrected chi connectivity index (χ2v) is 5.25. The zero-order valence-electron chi connectivity index (χ0n) is 11.0. The van der Waals surface area contributed by atoms with E-state index in [1.807, 2.05) is 12.4 Å². The number of aromatic nitrogens is 2. The number of aryl methyl sites for hydroxylation is 1. The van der Waals surface area contributed by atoms with Crippen LogP contribution in [0.3, 0.4) is 0 Å². The standard InChI is InChI=1S/C13H24N4/c1-11(14)10-12-4-3-7-17(12)8-5-13-15-6-9-16(13)2/h6,9,11-12H,3-5,7-8,10,14H2,1-2H3. The molecule has 2 rings (SSSR count). The first-order valence-electron chi connectivity index (χ1n) is 6.62. The minimum absolute atomic E-state index is 0.314. The summed E-state index contributed by atoms with van der Waals surface area (Å²) in [6, 6.07) is 1.00. The predicted molar refractivity (Wildman–Crippen MR) is 69.8 cm³/mol. The van der Waals surface area contributed by atoms with Crippen LogP contribution in [0, 0.1) is 0 Å². The zero-order valence-corrected chi connectivity index (χ0v) is 11.0. The topological polar surface area (TPSA) is 47.1 Å². The number of nitrogens with zero attached hydrogens (tertiary/aromatic N) is 3. The molecule has 2 atom stereocenters. The van der Waals surface area contributed by atoms with Crippen LogP contribution >= 0.6 is 0 Å². The summed E-state index contributed by atoms with van der Waals surface area (Å²) in [6.45, 7) is 4.44. The molecular formula is C13H24N4. The monoisotopic (exact) mass is 236 g/mol. The molecule has 1 aromatic rings. The van der Waals surface area contributed by atoms with Crippen LogP contribution < -0.4 is 5.73 Å². The van der Waals surface area contributed by atoms with E-state index in [1.165, 1.54) is 25.2 Å². The Balaban J connectivity index is 1.84. The van der Waals surface area contributed by atoms with Crippen LogP contribution in [0.25, 0.3) is 0 Å². The van der Waals surface area contributed by atoms with Gasteiger partial charge >= 0.3 is 0 Å². The molecule has 4 nitrogen and oxygen atoms in total. The highest BCUT2D eigenvalue weighted by Crippen LogP contribution is 2.21. The van der Waals surface area contributed by atoms with E-state index in [9.17, 15) is 0 Å². The van der Waals surface area contributed by atoms with Crippen molar-refractivity contribution in [2.75, 3.05) is 13.1 Å². The third kappa shape index (κ3) is 3.30. The van der Waals surface area contributed by atoms with Gasteiger partial charge in [0.2, 0.25) is 0 Å². The Bertz CT molecular complexity index is 345. The van der Waals surface area contributed by atoms with Crippen molar-refractivity contribution in [3.8, 4) is 0 Å². The average Bonchev–Trinajstić information content (AvgIpc) is 2.84. The number of rotatable bonds is 5. The molecule has 1 aromatic heterocycles. The molecule has 0 bridgehead atoms. The minimum atomic E-state index is 0.314. The molecule has 0 radical (unpaired) electrons. The highest BCUT2D eigenvalue weighted by atomic mass is 15.2. The Morgan fingerprint density at radius 1 is 1.59 bits per heavy atom. The molecule has 0 saturated carbocycles. The molecule has 1 fully saturated rings. The highest BCUT2D eigenvalue weighted by Gasteiger charge is 2.24. The first kappa shape index (κ1) is 12.6. The summed E-state index contributed by atoms with van der Waals surface area (Å²) in [5.74, 6) is 1.18. The van der Waals surface area contributed by atoms with E-state index in [2.05, 4.69) is 28.4 Å². The number of likely N-dealkylation sites (tertiary alicyclic amines) is 1. The summed E-state index contributed by atoms with van der Waals surface area (Å²) < 4.78 is 2.11. The minimum Gasteiger partial charge on any atom is -0.338 e. The van der Waals surface area contributed by atoms with Crippen molar-refractivity contribution in [1.82, 2.24) is 14.5 Å². The molecule has 2 heterocycles. The third-order valence-electron chi connectivity index (χ3n) is 3.69. The molecule has 0 spiro atoms. The maximum absolute atomic E-state index is 5.91. The van der Waals surface area contributed by atoms with Crippen LogP contribution in [0.2, 0.25) is 0 Å². The quantitative estimate of drug-likeness (QED) is 0.834. The first-order valence-corrected chi connectivity index (χ1v) is 6.62. The van der Waals surface area contributed by atoms with Crippen LogP contribution in [-0.2, 0) is 13.5 Å². The van der Waals surface area contributed by atoms with E-state index in [1.54, 1.807) is 0 Å². The second-order valence-electron chi connectivity index (χ2n) is 5.25. The molecule has 1 aliphatic heterocycles. The van der Waals surface area contributed by atoms with Gasteiger partial charge in [0.25, 0.3) is 0 Å². The van der Waals surface area contributed by atoms with Gasteiger partial charge in [-0.1, -0.05) is 0 Å². The number of hydrogen-bond acceptors (Lipinski definition) is 3. The van der Waals surface area contributed by atoms with Crippen molar-refractivity contribution < 1.29 is 0 Å². The van der Waals surface area contributed by atoms with Gasteiger partial charge < -0.3 is 10.3 Å². The molecule has 0 amide bonds. The molecule has 1 saturated heterocycles. The van der Waals surface area contributed by atoms with Gasteiger partial charge in [-0.2, -0.15) is 0 Å². The lowest BCUT2D eigenvalue weighted by Crippen LogP contribution is -2.35. The van der Waals surface area contributed by atoms with Crippen molar-refractivity contribution in [2.24, 2.45) is 12.8 Å². The van der Waals surface area contributed by atoms with E-state index >= 15 is 0 Å². The van der Waals surface area contributed by atoms with Gasteiger partial charge in [-0.25, -0.2) is 4.98 Å². The molecule has 96 valence electrons. The van der Waals surface area contributed by atoms with E-state index in [0.717, 1.165) is 19.4 Å². The van der Waals surface area contributed by atoms with Gasteiger partial charge in [-0.05, 0) is 32.7 Å². The van der Waals surface area contributed by atoms with Crippen molar-refractivity contribution >= 4 is 0 Å². The Labute approximate surface area is 104 Å². The normalized spacial score (nSPS) is 23.1. The fraction of sp³-hybridized carbons (Fsp3) is 0.769. The lowest BCUT2D eigenvalue weighted by atomic mass is 10.1. The third-order valence-corrected chi connectivity index (χ3v) is 3.69. The van der Waals surface area contributed by atoms with Crippen LogP contribution in [0.15, 0.2) is 12.4 Å². The smallest absolute Gasteiger partial charge is 0.109 e. The molecular weight excluding hydrogens is 212 g/mol. The molecule has 2 N–H and O–H groups in total. The van der Waals surface area contributed by atoms with Crippen LogP contribution in [0.5, 0.6) is 0 Å².